The highest BCUT2D eigenvalue weighted by molar-refractivity contribution is 7.18. The average molecular weight is 703 g/mol. The van der Waals surface area contributed by atoms with Crippen LogP contribution in [0.3, 0.4) is 0 Å². The molecule has 16 heteroatoms. The molecule has 3 aromatic rings. The standard InChI is InChI=1S/C32H40ClFN8O5S/c1-18(43)39-10-7-19(14-39)22-12-23(27-29(35)36-17-37-42(22)27)40-9-5-6-20(15-40)38-30(44)28-25(13-26(33)48-28)46-24-8-11-41(16-21(24)34)31(45)47-32(2,3)4/h7,12-13,17,20-21,24H,5-6,8-11,14-16H2,1-4H3,(H,38,44)(H2,35,36,37)/t20-,21?,24?/m1/s1. The van der Waals surface area contributed by atoms with E-state index in [1.165, 1.54) is 17.3 Å². The van der Waals surface area contributed by atoms with E-state index in [-0.39, 0.29) is 48.0 Å². The smallest absolute Gasteiger partial charge is 0.410 e. The summed E-state index contributed by atoms with van der Waals surface area (Å²) in [4.78, 5) is 47.8. The molecular formula is C32H40ClFN8O5S. The summed E-state index contributed by atoms with van der Waals surface area (Å²) in [5.74, 6) is 0.185. The molecule has 2 fully saturated rings. The number of halogens is 2. The number of carbonyl (C=O) groups excluding carboxylic acids is 3. The van der Waals surface area contributed by atoms with Crippen molar-refractivity contribution in [3.63, 3.8) is 0 Å². The molecule has 6 heterocycles. The van der Waals surface area contributed by atoms with Gasteiger partial charge in [0.15, 0.2) is 12.0 Å². The maximum absolute atomic E-state index is 15.2. The summed E-state index contributed by atoms with van der Waals surface area (Å²) >= 11 is 7.39. The molecule has 0 aromatic carbocycles. The molecule has 0 saturated carbocycles. The molecular weight excluding hydrogens is 663 g/mol. The number of anilines is 2. The van der Waals surface area contributed by atoms with Crippen molar-refractivity contribution < 1.29 is 28.2 Å². The normalized spacial score (nSPS) is 21.8. The van der Waals surface area contributed by atoms with Crippen LogP contribution < -0.4 is 20.7 Å². The first-order valence-electron chi connectivity index (χ1n) is 16.0. The van der Waals surface area contributed by atoms with Crippen LogP contribution in [-0.2, 0) is 9.53 Å². The number of fused-ring (bicyclic) bond motifs is 1. The lowest BCUT2D eigenvalue weighted by atomic mass is 10.0. The van der Waals surface area contributed by atoms with Crippen LogP contribution in [0.15, 0.2) is 24.5 Å². The highest BCUT2D eigenvalue weighted by atomic mass is 35.5. The summed E-state index contributed by atoms with van der Waals surface area (Å²) in [5.41, 5.74) is 9.00. The van der Waals surface area contributed by atoms with E-state index in [0.29, 0.717) is 35.3 Å². The summed E-state index contributed by atoms with van der Waals surface area (Å²) in [7, 11) is 0. The van der Waals surface area contributed by atoms with E-state index in [2.05, 4.69) is 20.3 Å². The van der Waals surface area contributed by atoms with Gasteiger partial charge in [-0.25, -0.2) is 18.7 Å². The number of piperidine rings is 2. The zero-order valence-electron chi connectivity index (χ0n) is 27.4. The second-order valence-corrected chi connectivity index (χ2v) is 15.0. The number of ether oxygens (including phenoxy) is 2. The fourth-order valence-corrected chi connectivity index (χ4v) is 7.38. The summed E-state index contributed by atoms with van der Waals surface area (Å²) < 4.78 is 28.8. The Morgan fingerprint density at radius 1 is 1.15 bits per heavy atom. The molecule has 2 unspecified atom stereocenters. The van der Waals surface area contributed by atoms with Crippen LogP contribution in [0, 0.1) is 0 Å². The van der Waals surface area contributed by atoms with Gasteiger partial charge in [-0.1, -0.05) is 17.7 Å². The van der Waals surface area contributed by atoms with Gasteiger partial charge >= 0.3 is 6.09 Å². The van der Waals surface area contributed by atoms with Gasteiger partial charge in [-0.3, -0.25) is 9.59 Å². The summed E-state index contributed by atoms with van der Waals surface area (Å²) in [6.07, 6.45) is 2.32. The molecule has 0 aliphatic carbocycles. The Morgan fingerprint density at radius 2 is 1.94 bits per heavy atom. The van der Waals surface area contributed by atoms with E-state index in [1.54, 1.807) is 37.1 Å². The van der Waals surface area contributed by atoms with Crippen molar-refractivity contribution >= 4 is 63.4 Å². The molecule has 2 saturated heterocycles. The van der Waals surface area contributed by atoms with Crippen LogP contribution in [0.2, 0.25) is 4.34 Å². The van der Waals surface area contributed by atoms with Crippen molar-refractivity contribution in [2.75, 3.05) is 49.9 Å². The predicted octanol–water partition coefficient (Wildman–Crippen LogP) is 4.40. The fourth-order valence-electron chi connectivity index (χ4n) is 6.33. The topological polar surface area (TPSA) is 148 Å². The van der Waals surface area contributed by atoms with E-state index in [9.17, 15) is 14.4 Å². The van der Waals surface area contributed by atoms with Crippen molar-refractivity contribution in [2.24, 2.45) is 0 Å². The van der Waals surface area contributed by atoms with Crippen molar-refractivity contribution in [3.05, 3.63) is 39.4 Å². The third-order valence-corrected chi connectivity index (χ3v) is 9.88. The molecule has 0 bridgehead atoms. The molecule has 3 aliphatic rings. The Kier molecular flexibility index (Phi) is 9.44. The number of carbonyl (C=O) groups is 3. The zero-order chi connectivity index (χ0) is 34.3. The van der Waals surface area contributed by atoms with Gasteiger partial charge in [0, 0.05) is 58.2 Å². The number of rotatable bonds is 6. The van der Waals surface area contributed by atoms with Gasteiger partial charge in [0.2, 0.25) is 5.91 Å². The Bertz CT molecular complexity index is 1760. The number of alkyl halides is 1. The minimum absolute atomic E-state index is 0.000214. The first-order chi connectivity index (χ1) is 22.8. The van der Waals surface area contributed by atoms with Crippen molar-refractivity contribution in [3.8, 4) is 5.75 Å². The van der Waals surface area contributed by atoms with Crippen LogP contribution in [-0.4, -0.2) is 105 Å². The van der Waals surface area contributed by atoms with Gasteiger partial charge < -0.3 is 35.2 Å². The quantitative estimate of drug-likeness (QED) is 0.382. The van der Waals surface area contributed by atoms with Crippen LogP contribution in [0.25, 0.3) is 11.1 Å². The van der Waals surface area contributed by atoms with E-state index >= 15 is 4.39 Å². The molecule has 3 aromatic heterocycles. The molecule has 3 aliphatic heterocycles. The highest BCUT2D eigenvalue weighted by Crippen LogP contribution is 2.37. The van der Waals surface area contributed by atoms with Gasteiger partial charge in [0.1, 0.15) is 34.2 Å². The number of nitrogens with zero attached hydrogens (tertiary/aromatic N) is 6. The third kappa shape index (κ3) is 7.16. The average Bonchev–Trinajstić information content (AvgIpc) is 3.75. The summed E-state index contributed by atoms with van der Waals surface area (Å²) in [5, 5.41) is 7.61. The molecule has 0 radical (unpaired) electrons. The van der Waals surface area contributed by atoms with Crippen molar-refractivity contribution in [2.45, 2.75) is 70.9 Å². The molecule has 258 valence electrons. The monoisotopic (exact) mass is 702 g/mol. The number of nitrogens with two attached hydrogens (primary N) is 1. The Labute approximate surface area is 286 Å². The van der Waals surface area contributed by atoms with E-state index in [1.807, 2.05) is 12.1 Å². The molecule has 3 N–H and O–H groups in total. The van der Waals surface area contributed by atoms with Gasteiger partial charge in [-0.2, -0.15) is 5.10 Å². The van der Waals surface area contributed by atoms with Crippen LogP contribution in [0.5, 0.6) is 5.75 Å². The van der Waals surface area contributed by atoms with Crippen LogP contribution in [0.4, 0.5) is 20.7 Å². The number of hydrogen-bond donors (Lipinski definition) is 2. The molecule has 0 spiro atoms. The number of nitrogens with one attached hydrogen (secondary N) is 1. The molecule has 48 heavy (non-hydrogen) atoms. The van der Waals surface area contributed by atoms with E-state index < -0.39 is 24.0 Å². The van der Waals surface area contributed by atoms with Crippen molar-refractivity contribution in [1.82, 2.24) is 29.7 Å². The van der Waals surface area contributed by atoms with Gasteiger partial charge in [-0.05, 0) is 45.3 Å². The number of aromatic nitrogens is 3. The van der Waals surface area contributed by atoms with Crippen LogP contribution >= 0.6 is 22.9 Å². The van der Waals surface area contributed by atoms with Crippen LogP contribution in [0.1, 0.15) is 62.3 Å². The highest BCUT2D eigenvalue weighted by Gasteiger charge is 2.36. The SMILES string of the molecule is CC(=O)N1CC=C(c2cc(N3CCC[C@@H](NC(=O)c4sc(Cl)cc4OC4CCN(C(=O)OC(C)(C)C)CC4F)C3)c3c(N)ncnn23)C1. The fraction of sp³-hybridized carbons (Fsp3) is 0.531. The van der Waals surface area contributed by atoms with E-state index in [4.69, 9.17) is 26.8 Å². The maximum Gasteiger partial charge on any atom is 0.410 e. The number of hydrogen-bond acceptors (Lipinski definition) is 10. The molecule has 3 amide bonds. The lowest BCUT2D eigenvalue weighted by Gasteiger charge is -2.35. The summed E-state index contributed by atoms with van der Waals surface area (Å²) in [6, 6.07) is 3.34. The Morgan fingerprint density at radius 3 is 2.65 bits per heavy atom. The Balaban J connectivity index is 1.14. The summed E-state index contributed by atoms with van der Waals surface area (Å²) in [6.45, 7) is 9.16. The largest absolute Gasteiger partial charge is 0.485 e. The van der Waals surface area contributed by atoms with Gasteiger partial charge in [-0.15, -0.1) is 11.3 Å². The first kappa shape index (κ1) is 33.8. The minimum Gasteiger partial charge on any atom is -0.485 e. The first-order valence-corrected chi connectivity index (χ1v) is 17.2. The minimum atomic E-state index is -1.48. The number of amides is 3. The second-order valence-electron chi connectivity index (χ2n) is 13.3. The lowest BCUT2D eigenvalue weighted by Crippen LogP contribution is -2.50. The second kappa shape index (κ2) is 13.4. The third-order valence-electron chi connectivity index (χ3n) is 8.64. The molecule has 3 atom stereocenters. The molecule has 6 rings (SSSR count). The maximum atomic E-state index is 15.2. The number of thiophene rings is 1. The molecule has 13 nitrogen and oxygen atoms in total. The van der Waals surface area contributed by atoms with Gasteiger partial charge in [0.25, 0.3) is 5.91 Å². The van der Waals surface area contributed by atoms with Crippen molar-refractivity contribution in [1.29, 1.82) is 0 Å². The zero-order valence-corrected chi connectivity index (χ0v) is 28.9. The number of nitrogen functional groups attached to an aromatic ring is 1. The van der Waals surface area contributed by atoms with E-state index in [0.717, 1.165) is 47.7 Å². The number of likely N-dealkylation sites (tertiary alicyclic amines) is 1. The Hall–Kier alpha value is -4.11. The van der Waals surface area contributed by atoms with Gasteiger partial charge in [0.05, 0.1) is 22.3 Å². The lowest BCUT2D eigenvalue weighted by molar-refractivity contribution is -0.127. The predicted molar refractivity (Wildman–Crippen MR) is 181 cm³/mol.